The molecule has 16 heavy (non-hydrogen) atoms. The van der Waals surface area contributed by atoms with Crippen LogP contribution in [-0.2, 0) is 5.75 Å². The van der Waals surface area contributed by atoms with Gasteiger partial charge in [-0.2, -0.15) is 0 Å². The Hall–Kier alpha value is -0.700. The topological polar surface area (TPSA) is 12.9 Å². The van der Waals surface area contributed by atoms with Gasteiger partial charge in [0.1, 0.15) is 5.15 Å². The van der Waals surface area contributed by atoms with E-state index in [-0.39, 0.29) is 0 Å². The lowest BCUT2D eigenvalue weighted by Gasteiger charge is -2.01. The second kappa shape index (κ2) is 5.58. The van der Waals surface area contributed by atoms with Gasteiger partial charge in [-0.15, -0.1) is 11.8 Å². The van der Waals surface area contributed by atoms with Crippen molar-refractivity contribution in [2.24, 2.45) is 0 Å². The number of rotatable bonds is 3. The summed E-state index contributed by atoms with van der Waals surface area (Å²) >= 11 is 13.2. The molecule has 0 amide bonds. The largest absolute Gasteiger partial charge is 0.243 e. The molecule has 0 atom stereocenters. The summed E-state index contributed by atoms with van der Waals surface area (Å²) < 4.78 is 0. The van der Waals surface area contributed by atoms with Crippen molar-refractivity contribution in [3.63, 3.8) is 0 Å². The van der Waals surface area contributed by atoms with Crippen molar-refractivity contribution in [2.45, 2.75) is 10.6 Å². The van der Waals surface area contributed by atoms with Crippen LogP contribution in [-0.4, -0.2) is 4.98 Å². The van der Waals surface area contributed by atoms with E-state index in [4.69, 9.17) is 23.2 Å². The highest BCUT2D eigenvalue weighted by molar-refractivity contribution is 7.98. The van der Waals surface area contributed by atoms with Crippen LogP contribution in [0.2, 0.25) is 10.2 Å². The van der Waals surface area contributed by atoms with E-state index >= 15 is 0 Å². The average Bonchev–Trinajstić information content (AvgIpc) is 2.30. The lowest BCUT2D eigenvalue weighted by molar-refractivity contribution is 1.23. The molecule has 0 aliphatic heterocycles. The fourth-order valence-electron chi connectivity index (χ4n) is 1.19. The number of nitrogens with zero attached hydrogens (tertiary/aromatic N) is 1. The summed E-state index contributed by atoms with van der Waals surface area (Å²) in [6.45, 7) is 0. The Morgan fingerprint density at radius 1 is 1.00 bits per heavy atom. The van der Waals surface area contributed by atoms with Crippen molar-refractivity contribution in [1.29, 1.82) is 0 Å². The quantitative estimate of drug-likeness (QED) is 0.593. The van der Waals surface area contributed by atoms with E-state index in [9.17, 15) is 0 Å². The number of halogens is 2. The Kier molecular flexibility index (Phi) is 4.10. The number of pyridine rings is 1. The van der Waals surface area contributed by atoms with Crippen LogP contribution in [0, 0.1) is 0 Å². The highest BCUT2D eigenvalue weighted by Gasteiger charge is 1.97. The summed E-state index contributed by atoms with van der Waals surface area (Å²) in [7, 11) is 0. The van der Waals surface area contributed by atoms with Gasteiger partial charge in [0.25, 0.3) is 0 Å². The maximum absolute atomic E-state index is 5.81. The number of hydrogen-bond donors (Lipinski definition) is 0. The van der Waals surface area contributed by atoms with Crippen molar-refractivity contribution in [3.05, 3.63) is 58.3 Å². The fourth-order valence-corrected chi connectivity index (χ4v) is 2.25. The van der Waals surface area contributed by atoms with Crippen molar-refractivity contribution in [1.82, 2.24) is 4.98 Å². The van der Waals surface area contributed by atoms with Crippen molar-refractivity contribution < 1.29 is 0 Å². The normalized spacial score (nSPS) is 10.4. The van der Waals surface area contributed by atoms with E-state index in [0.717, 1.165) is 15.7 Å². The maximum atomic E-state index is 5.81. The molecule has 82 valence electrons. The monoisotopic (exact) mass is 269 g/mol. The Labute approximate surface area is 109 Å². The highest BCUT2D eigenvalue weighted by atomic mass is 35.5. The van der Waals surface area contributed by atoms with Gasteiger partial charge in [-0.05, 0) is 29.8 Å². The molecule has 0 aliphatic rings. The molecule has 0 N–H and O–H groups in total. The molecule has 1 nitrogen and oxygen atoms in total. The zero-order valence-electron chi connectivity index (χ0n) is 8.36. The summed E-state index contributed by atoms with van der Waals surface area (Å²) in [5, 5.41) is 1.29. The zero-order chi connectivity index (χ0) is 11.4. The lowest BCUT2D eigenvalue weighted by Crippen LogP contribution is -1.81. The first-order valence-corrected chi connectivity index (χ1v) is 6.47. The number of benzene rings is 1. The summed E-state index contributed by atoms with van der Waals surface area (Å²) in [6.07, 6.45) is 1.78. The van der Waals surface area contributed by atoms with Gasteiger partial charge in [0.2, 0.25) is 0 Å². The molecule has 0 radical (unpaired) electrons. The molecular formula is C12H9Cl2NS. The van der Waals surface area contributed by atoms with Gasteiger partial charge in [0.05, 0.1) is 0 Å². The van der Waals surface area contributed by atoms with Crippen LogP contribution in [0.1, 0.15) is 5.56 Å². The Balaban J connectivity index is 1.97. The predicted molar refractivity (Wildman–Crippen MR) is 70.3 cm³/mol. The Bertz CT molecular complexity index is 408. The van der Waals surface area contributed by atoms with E-state index in [0.29, 0.717) is 5.15 Å². The third kappa shape index (κ3) is 3.41. The predicted octanol–water partition coefficient (Wildman–Crippen LogP) is 4.68. The summed E-state index contributed by atoms with van der Waals surface area (Å²) in [6, 6.07) is 11.6. The fraction of sp³-hybridized carbons (Fsp3) is 0.0833. The molecule has 1 heterocycles. The highest BCUT2D eigenvalue weighted by Crippen LogP contribution is 2.23. The minimum atomic E-state index is 0.524. The van der Waals surface area contributed by atoms with E-state index in [1.807, 2.05) is 30.3 Å². The molecule has 1 aromatic carbocycles. The van der Waals surface area contributed by atoms with Crippen LogP contribution in [0.5, 0.6) is 0 Å². The minimum Gasteiger partial charge on any atom is -0.243 e. The molecule has 1 aromatic heterocycles. The van der Waals surface area contributed by atoms with Crippen molar-refractivity contribution in [2.75, 3.05) is 0 Å². The summed E-state index contributed by atoms with van der Waals surface area (Å²) in [5.74, 6) is 0.903. The molecule has 2 aromatic rings. The van der Waals surface area contributed by atoms with Crippen LogP contribution in [0.25, 0.3) is 0 Å². The first-order chi connectivity index (χ1) is 7.74. The Morgan fingerprint density at radius 2 is 1.75 bits per heavy atom. The SMILES string of the molecule is Clc1ccc(CSc2ccc(Cl)nc2)cc1. The molecule has 0 unspecified atom stereocenters. The van der Waals surface area contributed by atoms with Gasteiger partial charge in [0, 0.05) is 21.9 Å². The standard InChI is InChI=1S/C12H9Cl2NS/c13-10-3-1-9(2-4-10)8-16-11-5-6-12(14)15-7-11/h1-7H,8H2. The van der Waals surface area contributed by atoms with Gasteiger partial charge in [0.15, 0.2) is 0 Å². The molecule has 0 saturated heterocycles. The van der Waals surface area contributed by atoms with Crippen LogP contribution in [0.3, 0.4) is 0 Å². The molecule has 2 rings (SSSR count). The van der Waals surface area contributed by atoms with Crippen LogP contribution < -0.4 is 0 Å². The second-order valence-corrected chi connectivity index (χ2v) is 5.10. The summed E-state index contributed by atoms with van der Waals surface area (Å²) in [5.41, 5.74) is 1.24. The average molecular weight is 270 g/mol. The molecule has 0 spiro atoms. The molecule has 0 aliphatic carbocycles. The van der Waals surface area contributed by atoms with E-state index in [1.165, 1.54) is 5.56 Å². The van der Waals surface area contributed by atoms with E-state index < -0.39 is 0 Å². The van der Waals surface area contributed by atoms with Gasteiger partial charge in [-0.1, -0.05) is 35.3 Å². The third-order valence-corrected chi connectivity index (χ3v) is 3.55. The molecule has 0 saturated carbocycles. The maximum Gasteiger partial charge on any atom is 0.129 e. The van der Waals surface area contributed by atoms with Gasteiger partial charge >= 0.3 is 0 Å². The van der Waals surface area contributed by atoms with Crippen LogP contribution >= 0.6 is 35.0 Å². The summed E-state index contributed by atoms with van der Waals surface area (Å²) in [4.78, 5) is 5.14. The minimum absolute atomic E-state index is 0.524. The molecular weight excluding hydrogens is 261 g/mol. The number of thioether (sulfide) groups is 1. The van der Waals surface area contributed by atoms with Gasteiger partial charge in [-0.3, -0.25) is 0 Å². The molecule has 0 bridgehead atoms. The van der Waals surface area contributed by atoms with Crippen LogP contribution in [0.15, 0.2) is 47.5 Å². The molecule has 4 heteroatoms. The number of aromatic nitrogens is 1. The number of hydrogen-bond acceptors (Lipinski definition) is 2. The first kappa shape index (κ1) is 11.8. The third-order valence-electron chi connectivity index (χ3n) is 2.02. The molecule has 0 fully saturated rings. The van der Waals surface area contributed by atoms with E-state index in [1.54, 1.807) is 24.0 Å². The second-order valence-electron chi connectivity index (χ2n) is 3.23. The van der Waals surface area contributed by atoms with E-state index in [2.05, 4.69) is 4.98 Å². The smallest absolute Gasteiger partial charge is 0.129 e. The Morgan fingerprint density at radius 3 is 2.38 bits per heavy atom. The van der Waals surface area contributed by atoms with Crippen LogP contribution in [0.4, 0.5) is 0 Å². The zero-order valence-corrected chi connectivity index (χ0v) is 10.7. The van der Waals surface area contributed by atoms with Gasteiger partial charge in [-0.25, -0.2) is 4.98 Å². The van der Waals surface area contributed by atoms with Gasteiger partial charge < -0.3 is 0 Å². The van der Waals surface area contributed by atoms with Crippen molar-refractivity contribution >= 4 is 35.0 Å². The first-order valence-electron chi connectivity index (χ1n) is 4.73. The lowest BCUT2D eigenvalue weighted by atomic mass is 10.2. The van der Waals surface area contributed by atoms with Crippen molar-refractivity contribution in [3.8, 4) is 0 Å².